The summed E-state index contributed by atoms with van der Waals surface area (Å²) < 4.78 is 17.8. The molecule has 0 bridgehead atoms. The normalized spacial score (nSPS) is 9.95. The van der Waals surface area contributed by atoms with Gasteiger partial charge >= 0.3 is 5.97 Å². The van der Waals surface area contributed by atoms with Crippen LogP contribution in [0.15, 0.2) is 18.2 Å². The van der Waals surface area contributed by atoms with Crippen molar-refractivity contribution in [2.75, 3.05) is 18.5 Å². The van der Waals surface area contributed by atoms with E-state index in [9.17, 15) is 24.1 Å². The summed E-state index contributed by atoms with van der Waals surface area (Å²) in [4.78, 5) is 31.1. The number of carbonyl (C=O) groups excluding carboxylic acids is 1. The van der Waals surface area contributed by atoms with Gasteiger partial charge in [0, 0.05) is 12.1 Å². The van der Waals surface area contributed by atoms with E-state index in [1.807, 2.05) is 5.32 Å². The first-order valence-electron chi connectivity index (χ1n) is 4.93. The number of anilines is 1. The van der Waals surface area contributed by atoms with Crippen LogP contribution in [0.5, 0.6) is 0 Å². The highest BCUT2D eigenvalue weighted by molar-refractivity contribution is 5.92. The van der Waals surface area contributed by atoms with Gasteiger partial charge < -0.3 is 15.2 Å². The van der Waals surface area contributed by atoms with Gasteiger partial charge in [0.05, 0.1) is 10.6 Å². The Morgan fingerprint density at radius 2 is 2.11 bits per heavy atom. The smallest absolute Gasteiger partial charge is 0.329 e. The van der Waals surface area contributed by atoms with E-state index in [1.54, 1.807) is 0 Å². The monoisotopic (exact) mass is 272 g/mol. The predicted molar refractivity (Wildman–Crippen MR) is 60.1 cm³/mol. The van der Waals surface area contributed by atoms with Crippen molar-refractivity contribution >= 4 is 23.3 Å². The van der Waals surface area contributed by atoms with Crippen molar-refractivity contribution in [3.63, 3.8) is 0 Å². The minimum Gasteiger partial charge on any atom is -0.480 e. The molecule has 0 spiro atoms. The number of carboxylic acid groups (broad SMARTS) is 1. The van der Waals surface area contributed by atoms with Gasteiger partial charge in [0.25, 0.3) is 5.69 Å². The van der Waals surface area contributed by atoms with Crippen LogP contribution in [0.3, 0.4) is 0 Å². The summed E-state index contributed by atoms with van der Waals surface area (Å²) in [5.41, 5.74) is -0.763. The zero-order valence-electron chi connectivity index (χ0n) is 9.46. The summed E-state index contributed by atoms with van der Waals surface area (Å²) in [6.45, 7) is -1.28. The lowest BCUT2D eigenvalue weighted by atomic mass is 10.2. The van der Waals surface area contributed by atoms with E-state index in [0.29, 0.717) is 0 Å². The average Bonchev–Trinajstić information content (AvgIpc) is 2.31. The molecule has 1 amide bonds. The number of hydrogen-bond acceptors (Lipinski definition) is 5. The van der Waals surface area contributed by atoms with E-state index < -0.39 is 35.8 Å². The third-order valence-electron chi connectivity index (χ3n) is 1.89. The molecule has 0 radical (unpaired) electrons. The second-order valence-electron chi connectivity index (χ2n) is 3.36. The fourth-order valence-electron chi connectivity index (χ4n) is 1.14. The minimum absolute atomic E-state index is 0.377. The lowest BCUT2D eigenvalue weighted by molar-refractivity contribution is -0.384. The molecule has 0 heterocycles. The van der Waals surface area contributed by atoms with Gasteiger partial charge in [-0.3, -0.25) is 14.9 Å². The molecule has 0 aliphatic rings. The molecule has 2 N–H and O–H groups in total. The molecule has 0 saturated carbocycles. The Balaban J connectivity index is 2.65. The largest absolute Gasteiger partial charge is 0.480 e. The third kappa shape index (κ3) is 4.68. The molecule has 0 fully saturated rings. The molecular weight excluding hydrogens is 263 g/mol. The Hall–Kier alpha value is -2.55. The van der Waals surface area contributed by atoms with E-state index in [-0.39, 0.29) is 11.4 Å². The van der Waals surface area contributed by atoms with Gasteiger partial charge in [-0.05, 0) is 6.07 Å². The molecule has 19 heavy (non-hydrogen) atoms. The second kappa shape index (κ2) is 6.40. The molecule has 1 aromatic carbocycles. The van der Waals surface area contributed by atoms with Gasteiger partial charge in [-0.25, -0.2) is 9.18 Å². The topological polar surface area (TPSA) is 119 Å². The number of benzene rings is 1. The number of nitrogens with zero attached hydrogens (tertiary/aromatic N) is 1. The van der Waals surface area contributed by atoms with Gasteiger partial charge in [0.15, 0.2) is 0 Å². The first-order chi connectivity index (χ1) is 8.90. The Labute approximate surface area is 105 Å². The average molecular weight is 272 g/mol. The summed E-state index contributed by atoms with van der Waals surface area (Å²) in [7, 11) is 0. The lowest BCUT2D eigenvalue weighted by Gasteiger charge is -2.06. The number of non-ortho nitro benzene ring substituents is 1. The summed E-state index contributed by atoms with van der Waals surface area (Å²) in [6.07, 6.45) is 0. The number of carboxylic acids is 1. The molecule has 8 nitrogen and oxygen atoms in total. The van der Waals surface area contributed by atoms with E-state index >= 15 is 0 Å². The molecule has 0 aromatic heterocycles. The van der Waals surface area contributed by atoms with Crippen LogP contribution in [0.1, 0.15) is 0 Å². The van der Waals surface area contributed by atoms with Gasteiger partial charge in [-0.15, -0.1) is 0 Å². The van der Waals surface area contributed by atoms with Crippen molar-refractivity contribution < 1.29 is 28.7 Å². The van der Waals surface area contributed by atoms with Gasteiger partial charge in [-0.1, -0.05) is 0 Å². The maximum Gasteiger partial charge on any atom is 0.329 e. The zero-order valence-corrected chi connectivity index (χ0v) is 9.46. The Bertz CT molecular complexity index is 519. The molecule has 9 heteroatoms. The molecule has 0 atom stereocenters. The Kier molecular flexibility index (Phi) is 4.89. The van der Waals surface area contributed by atoms with Crippen LogP contribution in [0.2, 0.25) is 0 Å². The molecule has 0 aliphatic heterocycles. The van der Waals surface area contributed by atoms with E-state index in [2.05, 4.69) is 4.74 Å². The van der Waals surface area contributed by atoms with Crippen LogP contribution in [-0.4, -0.2) is 35.1 Å². The van der Waals surface area contributed by atoms with Crippen LogP contribution in [-0.2, 0) is 14.3 Å². The fraction of sp³-hybridized carbons (Fsp3) is 0.200. The van der Waals surface area contributed by atoms with E-state index in [4.69, 9.17) is 5.11 Å². The van der Waals surface area contributed by atoms with Crippen molar-refractivity contribution in [3.05, 3.63) is 34.1 Å². The van der Waals surface area contributed by atoms with Crippen molar-refractivity contribution in [2.24, 2.45) is 0 Å². The fourth-order valence-corrected chi connectivity index (χ4v) is 1.14. The molecular formula is C10H9FN2O6. The SMILES string of the molecule is O=C(O)COCC(=O)Nc1cc([N+](=O)[O-])ccc1F. The van der Waals surface area contributed by atoms with Crippen molar-refractivity contribution in [3.8, 4) is 0 Å². The minimum atomic E-state index is -1.26. The van der Waals surface area contributed by atoms with Gasteiger partial charge in [-0.2, -0.15) is 0 Å². The number of nitro groups is 1. The van der Waals surface area contributed by atoms with Crippen LogP contribution in [0.25, 0.3) is 0 Å². The van der Waals surface area contributed by atoms with Crippen LogP contribution >= 0.6 is 0 Å². The van der Waals surface area contributed by atoms with Crippen LogP contribution < -0.4 is 5.32 Å². The van der Waals surface area contributed by atoms with Gasteiger partial charge in [0.1, 0.15) is 19.0 Å². The molecule has 1 rings (SSSR count). The maximum atomic E-state index is 13.3. The molecule has 102 valence electrons. The molecule has 0 saturated heterocycles. The zero-order chi connectivity index (χ0) is 14.4. The number of halogens is 1. The number of nitro benzene ring substituents is 1. The first kappa shape index (κ1) is 14.5. The number of rotatable bonds is 6. The molecule has 0 unspecified atom stereocenters. The number of aliphatic carboxylic acids is 1. The number of amides is 1. The first-order valence-corrected chi connectivity index (χ1v) is 4.93. The predicted octanol–water partition coefficient (Wildman–Crippen LogP) is 0.774. The number of hydrogen-bond donors (Lipinski definition) is 2. The Morgan fingerprint density at radius 3 is 2.68 bits per heavy atom. The summed E-state index contributed by atoms with van der Waals surface area (Å²) in [5, 5.41) is 20.8. The highest BCUT2D eigenvalue weighted by Gasteiger charge is 2.13. The summed E-state index contributed by atoms with van der Waals surface area (Å²) in [5.74, 6) is -2.92. The van der Waals surface area contributed by atoms with E-state index in [1.165, 1.54) is 0 Å². The standard InChI is InChI=1S/C10H9FN2O6/c11-7-2-1-6(13(17)18)3-8(7)12-9(14)4-19-5-10(15)16/h1-3H,4-5H2,(H,12,14)(H,15,16). The van der Waals surface area contributed by atoms with Crippen molar-refractivity contribution in [1.29, 1.82) is 0 Å². The molecule has 0 aliphatic carbocycles. The Morgan fingerprint density at radius 1 is 1.42 bits per heavy atom. The number of ether oxygens (including phenoxy) is 1. The van der Waals surface area contributed by atoms with Crippen molar-refractivity contribution in [1.82, 2.24) is 0 Å². The third-order valence-corrected chi connectivity index (χ3v) is 1.89. The second-order valence-corrected chi connectivity index (χ2v) is 3.36. The lowest BCUT2D eigenvalue weighted by Crippen LogP contribution is -2.21. The highest BCUT2D eigenvalue weighted by Crippen LogP contribution is 2.20. The summed E-state index contributed by atoms with van der Waals surface area (Å²) >= 11 is 0. The number of nitrogens with one attached hydrogen (secondary N) is 1. The highest BCUT2D eigenvalue weighted by atomic mass is 19.1. The summed E-state index contributed by atoms with van der Waals surface area (Å²) in [6, 6.07) is 2.64. The van der Waals surface area contributed by atoms with Crippen LogP contribution in [0, 0.1) is 15.9 Å². The number of carbonyl (C=O) groups is 2. The maximum absolute atomic E-state index is 13.3. The van der Waals surface area contributed by atoms with E-state index in [0.717, 1.165) is 18.2 Å². The van der Waals surface area contributed by atoms with Crippen molar-refractivity contribution in [2.45, 2.75) is 0 Å². The van der Waals surface area contributed by atoms with Gasteiger partial charge in [0.2, 0.25) is 5.91 Å². The van der Waals surface area contributed by atoms with Crippen LogP contribution in [0.4, 0.5) is 15.8 Å². The molecule has 1 aromatic rings. The quantitative estimate of drug-likeness (QED) is 0.583.